The van der Waals surface area contributed by atoms with Crippen molar-refractivity contribution in [2.75, 3.05) is 0 Å². The van der Waals surface area contributed by atoms with E-state index in [0.717, 1.165) is 0 Å². The van der Waals surface area contributed by atoms with Crippen molar-refractivity contribution in [3.63, 3.8) is 0 Å². The van der Waals surface area contributed by atoms with Gasteiger partial charge in [-0.3, -0.25) is 0 Å². The second-order valence-corrected chi connectivity index (χ2v) is 2.74. The Bertz CT molecular complexity index is 69.9. The maximum atomic E-state index is 9.09. The van der Waals surface area contributed by atoms with Crippen LogP contribution in [0, 0.1) is 0 Å². The SMILES string of the molecule is O=P(O)(O)Cl.[BaH2].[CaH2].[MgH2].[SrH2]. The summed E-state index contributed by atoms with van der Waals surface area (Å²) in [5, 5.41) is 0. The third-order valence-corrected chi connectivity index (χ3v) is 0. The Balaban J connectivity index is -0.0000000133. The predicted molar refractivity (Wildman–Crippen MR) is 52.1 cm³/mol. The predicted octanol–water partition coefficient (Wildman–Crippen LogP) is -3.35. The molecule has 0 aliphatic rings. The Labute approximate surface area is 182 Å². The van der Waals surface area contributed by atoms with Crippen molar-refractivity contribution in [2.45, 2.75) is 0 Å². The Hall–Kier alpha value is 5.52. The molecule has 0 saturated carbocycles. The first-order chi connectivity index (χ1) is 2.00. The molecule has 0 bridgehead atoms. The standard InChI is InChI=1S/Ba.Ca.ClH2O3P.Mg.Sr.8H/c;;1-5(2,3)4;;;;;;;;;;/h;;(H2,2,3,4);;;;;;;;;;. The van der Waals surface area contributed by atoms with Gasteiger partial charge >= 0.3 is 162 Å². The van der Waals surface area contributed by atoms with E-state index in [1.54, 1.807) is 0 Å². The van der Waals surface area contributed by atoms with E-state index in [0.29, 0.717) is 0 Å². The molecule has 0 rings (SSSR count). The van der Waals surface area contributed by atoms with Crippen molar-refractivity contribution in [1.29, 1.82) is 0 Å². The van der Waals surface area contributed by atoms with Crippen LogP contribution in [0.25, 0.3) is 0 Å². The fourth-order valence-electron chi connectivity index (χ4n) is 0. The van der Waals surface area contributed by atoms with Crippen LogP contribution in [-0.2, 0) is 4.57 Å². The Morgan fingerprint density at radius 3 is 1.33 bits per heavy atom. The van der Waals surface area contributed by atoms with E-state index in [2.05, 4.69) is 11.2 Å². The molecule has 9 heteroatoms. The average molecular weight is 414 g/mol. The van der Waals surface area contributed by atoms with E-state index >= 15 is 0 Å². The summed E-state index contributed by atoms with van der Waals surface area (Å²) in [6.45, 7) is -4.17. The minimum absolute atomic E-state index is 0. The number of hydrogen-bond donors (Lipinski definition) is 2. The summed E-state index contributed by atoms with van der Waals surface area (Å²) in [5.74, 6) is 0. The molecule has 0 aliphatic heterocycles. The monoisotopic (exact) mass is 414 g/mol. The van der Waals surface area contributed by atoms with Crippen LogP contribution in [0.15, 0.2) is 0 Å². The average Bonchev–Trinajstić information content (AvgIpc) is 0.722. The van der Waals surface area contributed by atoms with Crippen LogP contribution in [-0.4, -0.2) is 165 Å². The van der Waals surface area contributed by atoms with Gasteiger partial charge in [-0.05, 0) is 0 Å². The minimum atomic E-state index is -4.17. The molecular formula is H10BaCaClMgO3PSr. The molecule has 0 amide bonds. The molecule has 0 radical (unpaired) electrons. The van der Waals surface area contributed by atoms with Gasteiger partial charge in [-0.15, -0.1) is 0 Å². The summed E-state index contributed by atoms with van der Waals surface area (Å²) in [7, 11) is 0. The Morgan fingerprint density at radius 1 is 1.33 bits per heavy atom. The van der Waals surface area contributed by atoms with E-state index in [1.807, 2.05) is 0 Å². The molecule has 3 nitrogen and oxygen atoms in total. The first kappa shape index (κ1) is 29.3. The molecule has 2 N–H and O–H groups in total. The summed E-state index contributed by atoms with van der Waals surface area (Å²) in [6, 6.07) is 0. The molecule has 0 aromatic rings. The van der Waals surface area contributed by atoms with Crippen LogP contribution in [0.4, 0.5) is 0 Å². The summed E-state index contributed by atoms with van der Waals surface area (Å²) in [5.41, 5.74) is 0. The van der Waals surface area contributed by atoms with E-state index in [-0.39, 0.29) is 155 Å². The summed E-state index contributed by atoms with van der Waals surface area (Å²) in [6.07, 6.45) is 0. The van der Waals surface area contributed by atoms with Gasteiger partial charge in [0.15, 0.2) is 0 Å². The van der Waals surface area contributed by atoms with Crippen molar-refractivity contribution >= 4 is 173 Å². The van der Waals surface area contributed by atoms with E-state index in [1.165, 1.54) is 0 Å². The van der Waals surface area contributed by atoms with Gasteiger partial charge in [0.1, 0.15) is 0 Å². The van der Waals surface area contributed by atoms with E-state index in [9.17, 15) is 0 Å². The number of halogens is 1. The van der Waals surface area contributed by atoms with Gasteiger partial charge in [0.25, 0.3) is 0 Å². The van der Waals surface area contributed by atoms with Crippen LogP contribution in [0.2, 0.25) is 0 Å². The summed E-state index contributed by atoms with van der Waals surface area (Å²) < 4.78 is 9.09. The third kappa shape index (κ3) is 58.9. The zero-order chi connectivity index (χ0) is 4.50. The van der Waals surface area contributed by atoms with Gasteiger partial charge in [-0.1, -0.05) is 0 Å². The second kappa shape index (κ2) is 16.0. The van der Waals surface area contributed by atoms with Crippen molar-refractivity contribution in [2.24, 2.45) is 0 Å². The molecule has 0 unspecified atom stereocenters. The van der Waals surface area contributed by atoms with Gasteiger partial charge in [0.2, 0.25) is 0 Å². The second-order valence-electron chi connectivity index (χ2n) is 0.473. The molecule has 0 saturated heterocycles. The van der Waals surface area contributed by atoms with Crippen LogP contribution < -0.4 is 0 Å². The third-order valence-electron chi connectivity index (χ3n) is 0. The molecule has 0 spiro atoms. The quantitative estimate of drug-likeness (QED) is 0.322. The van der Waals surface area contributed by atoms with Crippen LogP contribution >= 0.6 is 18.2 Å². The maximum absolute atomic E-state index is 9.09. The Kier molecular flexibility index (Phi) is 52.0. The van der Waals surface area contributed by atoms with Crippen molar-refractivity contribution in [3.05, 3.63) is 0 Å². The fourth-order valence-corrected chi connectivity index (χ4v) is 0. The number of hydrogen-bond acceptors (Lipinski definition) is 1. The summed E-state index contributed by atoms with van der Waals surface area (Å²) in [4.78, 5) is 14.8. The molecular weight excluding hydrogens is 404 g/mol. The summed E-state index contributed by atoms with van der Waals surface area (Å²) >= 11 is 4.20. The first-order valence-corrected chi connectivity index (χ1v) is 3.27. The molecule has 0 heterocycles. The van der Waals surface area contributed by atoms with E-state index in [4.69, 9.17) is 14.4 Å². The molecule has 9 heavy (non-hydrogen) atoms. The normalized spacial score (nSPS) is 6.56. The topological polar surface area (TPSA) is 57.5 Å². The van der Waals surface area contributed by atoms with Crippen molar-refractivity contribution in [1.82, 2.24) is 0 Å². The molecule has 48 valence electrons. The Morgan fingerprint density at radius 2 is 1.33 bits per heavy atom. The molecule has 0 aromatic heterocycles. The van der Waals surface area contributed by atoms with Crippen LogP contribution in [0.1, 0.15) is 0 Å². The van der Waals surface area contributed by atoms with Crippen molar-refractivity contribution in [3.8, 4) is 0 Å². The zero-order valence-corrected chi connectivity index (χ0v) is 3.78. The van der Waals surface area contributed by atoms with Crippen molar-refractivity contribution < 1.29 is 14.4 Å². The molecule has 0 aromatic carbocycles. The van der Waals surface area contributed by atoms with Gasteiger partial charge < -0.3 is 9.79 Å². The fraction of sp³-hybridized carbons (Fsp3) is 0. The van der Waals surface area contributed by atoms with Crippen LogP contribution in [0.5, 0.6) is 0 Å². The molecule has 0 aliphatic carbocycles. The van der Waals surface area contributed by atoms with Gasteiger partial charge in [0.05, 0.1) is 0 Å². The van der Waals surface area contributed by atoms with E-state index < -0.39 is 6.95 Å². The van der Waals surface area contributed by atoms with Crippen LogP contribution in [0.3, 0.4) is 0 Å². The van der Waals surface area contributed by atoms with Gasteiger partial charge in [-0.2, -0.15) is 0 Å². The van der Waals surface area contributed by atoms with Gasteiger partial charge in [0, 0.05) is 11.2 Å². The first-order valence-electron chi connectivity index (χ1n) is 0.752. The van der Waals surface area contributed by atoms with Gasteiger partial charge in [-0.25, -0.2) is 4.57 Å². The molecule has 0 fully saturated rings. The molecule has 0 atom stereocenters. The zero-order valence-electron chi connectivity index (χ0n) is 2.13. The number of rotatable bonds is 0.